The van der Waals surface area contributed by atoms with Gasteiger partial charge in [0.05, 0.1) is 5.56 Å². The summed E-state index contributed by atoms with van der Waals surface area (Å²) in [5, 5.41) is 9.06. The molecule has 1 amide bonds. The van der Waals surface area contributed by atoms with Crippen LogP contribution >= 0.6 is 11.6 Å². The number of amides is 1. The molecule has 1 fully saturated rings. The third kappa shape index (κ3) is 3.69. The largest absolute Gasteiger partial charge is 0.350 e. The van der Waals surface area contributed by atoms with Gasteiger partial charge >= 0.3 is 5.69 Å². The topological polar surface area (TPSA) is 98.5 Å². The van der Waals surface area contributed by atoms with Crippen LogP contribution in [0, 0.1) is 0 Å². The number of fused-ring (bicyclic) bond motifs is 1. The highest BCUT2D eigenvalue weighted by atomic mass is 35.5. The molecule has 1 atom stereocenters. The first-order chi connectivity index (χ1) is 15.5. The summed E-state index contributed by atoms with van der Waals surface area (Å²) in [7, 11) is 0. The molecule has 1 aliphatic rings. The summed E-state index contributed by atoms with van der Waals surface area (Å²) in [6, 6.07) is 10.7. The van der Waals surface area contributed by atoms with Gasteiger partial charge in [0.1, 0.15) is 6.54 Å². The lowest BCUT2D eigenvalue weighted by molar-refractivity contribution is -0.135. The Bertz CT molecular complexity index is 1340. The average Bonchev–Trinajstić information content (AvgIpc) is 3.40. The molecule has 5 rings (SSSR count). The Morgan fingerprint density at radius 2 is 2.03 bits per heavy atom. The fraction of sp³-hybridized carbons (Fsp3) is 0.318. The van der Waals surface area contributed by atoms with E-state index < -0.39 is 5.69 Å². The minimum Gasteiger partial charge on any atom is -0.338 e. The molecule has 10 heteroatoms. The number of piperidine rings is 1. The normalized spacial score (nSPS) is 16.6. The first-order valence-corrected chi connectivity index (χ1v) is 10.9. The number of nitrogens with zero attached hydrogens (tertiary/aromatic N) is 6. The Hall–Kier alpha value is -3.46. The predicted molar refractivity (Wildman–Crippen MR) is 118 cm³/mol. The lowest BCUT2D eigenvalue weighted by atomic mass is 10.0. The van der Waals surface area contributed by atoms with Crippen LogP contribution in [0.3, 0.4) is 0 Å². The van der Waals surface area contributed by atoms with E-state index in [0.29, 0.717) is 28.6 Å². The van der Waals surface area contributed by atoms with Crippen LogP contribution in [0.1, 0.15) is 26.2 Å². The van der Waals surface area contributed by atoms with Crippen molar-refractivity contribution in [2.45, 2.75) is 38.8 Å². The first-order valence-electron chi connectivity index (χ1n) is 10.5. The van der Waals surface area contributed by atoms with E-state index in [9.17, 15) is 9.59 Å². The third-order valence-corrected chi connectivity index (χ3v) is 6.03. The molecule has 1 aromatic carbocycles. The Morgan fingerprint density at radius 1 is 1.22 bits per heavy atom. The van der Waals surface area contributed by atoms with Gasteiger partial charge in [0.25, 0.3) is 5.89 Å². The van der Waals surface area contributed by atoms with Crippen molar-refractivity contribution in [1.82, 2.24) is 29.2 Å². The number of rotatable bonds is 4. The van der Waals surface area contributed by atoms with Gasteiger partial charge in [0.2, 0.25) is 11.7 Å². The molecule has 0 aliphatic carbocycles. The second kappa shape index (κ2) is 8.23. The van der Waals surface area contributed by atoms with Crippen molar-refractivity contribution in [3.63, 3.8) is 0 Å². The van der Waals surface area contributed by atoms with Crippen LogP contribution in [0.25, 0.3) is 28.5 Å². The van der Waals surface area contributed by atoms with Crippen LogP contribution < -0.4 is 5.69 Å². The molecule has 0 bridgehead atoms. The molecule has 3 aromatic heterocycles. The van der Waals surface area contributed by atoms with Gasteiger partial charge < -0.3 is 9.42 Å². The van der Waals surface area contributed by atoms with E-state index in [-0.39, 0.29) is 24.4 Å². The second-order valence-electron chi connectivity index (χ2n) is 7.92. The van der Waals surface area contributed by atoms with Crippen LogP contribution in [-0.4, -0.2) is 47.7 Å². The van der Waals surface area contributed by atoms with Gasteiger partial charge in [-0.05, 0) is 62.6 Å². The molecular weight excluding hydrogens is 432 g/mol. The lowest BCUT2D eigenvalue weighted by Gasteiger charge is -2.33. The van der Waals surface area contributed by atoms with Gasteiger partial charge in [0, 0.05) is 29.4 Å². The molecule has 1 saturated heterocycles. The number of benzene rings is 1. The van der Waals surface area contributed by atoms with Crippen molar-refractivity contribution >= 4 is 23.2 Å². The summed E-state index contributed by atoms with van der Waals surface area (Å²) in [5.74, 6) is 0.524. The number of carbonyl (C=O) groups is 1. The molecule has 4 heterocycles. The van der Waals surface area contributed by atoms with E-state index in [2.05, 4.69) is 15.2 Å². The fourth-order valence-corrected chi connectivity index (χ4v) is 4.17. The van der Waals surface area contributed by atoms with E-state index in [1.807, 2.05) is 11.8 Å². The SMILES string of the molecule is CC1CCCCN1C(=O)Cn1nc2c(-c3nc(-c4ccc(Cl)cc4)no3)cccn2c1=O. The Labute approximate surface area is 188 Å². The summed E-state index contributed by atoms with van der Waals surface area (Å²) >= 11 is 5.94. The van der Waals surface area contributed by atoms with E-state index in [1.165, 1.54) is 9.08 Å². The molecule has 1 aliphatic heterocycles. The number of likely N-dealkylation sites (tertiary alicyclic amines) is 1. The van der Waals surface area contributed by atoms with Crippen LogP contribution in [-0.2, 0) is 11.3 Å². The minimum atomic E-state index is -0.391. The molecule has 164 valence electrons. The smallest absolute Gasteiger partial charge is 0.338 e. The van der Waals surface area contributed by atoms with E-state index in [0.717, 1.165) is 24.8 Å². The number of aromatic nitrogens is 5. The van der Waals surface area contributed by atoms with Crippen molar-refractivity contribution in [3.8, 4) is 22.8 Å². The zero-order chi connectivity index (χ0) is 22.2. The molecule has 1 unspecified atom stereocenters. The molecule has 0 spiro atoms. The third-order valence-electron chi connectivity index (χ3n) is 5.78. The van der Waals surface area contributed by atoms with E-state index in [4.69, 9.17) is 16.1 Å². The van der Waals surface area contributed by atoms with Crippen molar-refractivity contribution in [2.75, 3.05) is 6.54 Å². The number of pyridine rings is 1. The maximum atomic E-state index is 12.9. The summed E-state index contributed by atoms with van der Waals surface area (Å²) in [6.07, 6.45) is 4.68. The summed E-state index contributed by atoms with van der Waals surface area (Å²) in [6.45, 7) is 2.64. The van der Waals surface area contributed by atoms with Gasteiger partial charge in [-0.3, -0.25) is 4.79 Å². The molecule has 0 saturated carbocycles. The van der Waals surface area contributed by atoms with Crippen LogP contribution in [0.4, 0.5) is 0 Å². The highest BCUT2D eigenvalue weighted by Crippen LogP contribution is 2.25. The molecule has 0 N–H and O–H groups in total. The molecular formula is C22H21ClN6O3. The van der Waals surface area contributed by atoms with Gasteiger partial charge in [0.15, 0.2) is 5.65 Å². The van der Waals surface area contributed by atoms with Crippen LogP contribution in [0.2, 0.25) is 5.02 Å². The van der Waals surface area contributed by atoms with Gasteiger partial charge in [-0.2, -0.15) is 4.98 Å². The fourth-order valence-electron chi connectivity index (χ4n) is 4.04. The quantitative estimate of drug-likeness (QED) is 0.471. The second-order valence-corrected chi connectivity index (χ2v) is 8.35. The molecule has 32 heavy (non-hydrogen) atoms. The van der Waals surface area contributed by atoms with Crippen LogP contribution in [0.5, 0.6) is 0 Å². The summed E-state index contributed by atoms with van der Waals surface area (Å²) < 4.78 is 8.03. The zero-order valence-corrected chi connectivity index (χ0v) is 18.2. The van der Waals surface area contributed by atoms with Crippen molar-refractivity contribution in [3.05, 3.63) is 58.1 Å². The van der Waals surface area contributed by atoms with Gasteiger partial charge in [-0.15, -0.1) is 5.10 Å². The maximum absolute atomic E-state index is 12.9. The minimum absolute atomic E-state index is 0.105. The van der Waals surface area contributed by atoms with Crippen molar-refractivity contribution in [1.29, 1.82) is 0 Å². The Morgan fingerprint density at radius 3 is 2.81 bits per heavy atom. The van der Waals surface area contributed by atoms with Gasteiger partial charge in [-0.25, -0.2) is 13.9 Å². The highest BCUT2D eigenvalue weighted by Gasteiger charge is 2.25. The lowest BCUT2D eigenvalue weighted by Crippen LogP contribution is -2.44. The summed E-state index contributed by atoms with van der Waals surface area (Å²) in [4.78, 5) is 32.0. The average molecular weight is 453 g/mol. The van der Waals surface area contributed by atoms with Crippen molar-refractivity contribution in [2.24, 2.45) is 0 Å². The number of halogens is 1. The maximum Gasteiger partial charge on any atom is 0.350 e. The van der Waals surface area contributed by atoms with E-state index >= 15 is 0 Å². The number of hydrogen-bond acceptors (Lipinski definition) is 6. The molecule has 0 radical (unpaired) electrons. The number of carbonyl (C=O) groups excluding carboxylic acids is 1. The Kier molecular flexibility index (Phi) is 5.26. The van der Waals surface area contributed by atoms with Crippen LogP contribution in [0.15, 0.2) is 51.9 Å². The van der Waals surface area contributed by atoms with Crippen molar-refractivity contribution < 1.29 is 9.32 Å². The number of hydrogen-bond donors (Lipinski definition) is 0. The molecule has 4 aromatic rings. The first kappa shape index (κ1) is 20.4. The monoisotopic (exact) mass is 452 g/mol. The standard InChI is InChI=1S/C22H21ClN6O3/c1-14-5-2-3-11-27(14)18(30)13-29-22(31)28-12-4-6-17(20(28)25-29)21-24-19(26-32-21)15-7-9-16(23)10-8-15/h4,6-10,12,14H,2-3,5,11,13H2,1H3. The molecule has 9 nitrogen and oxygen atoms in total. The highest BCUT2D eigenvalue weighted by molar-refractivity contribution is 6.30. The van der Waals surface area contributed by atoms with Gasteiger partial charge in [-0.1, -0.05) is 16.8 Å². The predicted octanol–water partition coefficient (Wildman–Crippen LogP) is 3.27. The summed E-state index contributed by atoms with van der Waals surface area (Å²) in [5.41, 5.74) is 1.22. The van der Waals surface area contributed by atoms with E-state index in [1.54, 1.807) is 42.6 Å². The zero-order valence-electron chi connectivity index (χ0n) is 17.4. The Balaban J connectivity index is 1.47.